The van der Waals surface area contributed by atoms with E-state index in [2.05, 4.69) is 10.3 Å². The Hall–Kier alpha value is -3.34. The molecular weight excluding hydrogens is 350 g/mol. The molecule has 0 aliphatic carbocycles. The molecule has 0 saturated carbocycles. The van der Waals surface area contributed by atoms with E-state index in [1.165, 1.54) is 0 Å². The van der Waals surface area contributed by atoms with Crippen LogP contribution in [0, 0.1) is 0 Å². The third kappa shape index (κ3) is 4.31. The highest BCUT2D eigenvalue weighted by atomic mass is 16.6. The third-order valence-electron chi connectivity index (χ3n) is 4.91. The fourth-order valence-corrected chi connectivity index (χ4v) is 3.48. The van der Waals surface area contributed by atoms with Crippen LogP contribution >= 0.6 is 0 Å². The number of rotatable bonds is 5. The van der Waals surface area contributed by atoms with Gasteiger partial charge in [-0.05, 0) is 42.2 Å². The van der Waals surface area contributed by atoms with Crippen LogP contribution in [0.1, 0.15) is 30.0 Å². The fraction of sp³-hybridized carbons (Fsp3) is 0.217. The number of carbonyl (C=O) groups excluding carboxylic acids is 1. The lowest BCUT2D eigenvalue weighted by Gasteiger charge is -2.24. The van der Waals surface area contributed by atoms with Gasteiger partial charge in [-0.25, -0.2) is 9.78 Å². The summed E-state index contributed by atoms with van der Waals surface area (Å²) in [6, 6.07) is 23.7. The minimum atomic E-state index is -0.266. The fourth-order valence-electron chi connectivity index (χ4n) is 3.48. The first-order valence-electron chi connectivity index (χ1n) is 9.55. The molecule has 1 aliphatic heterocycles. The number of hydrogen-bond acceptors (Lipinski definition) is 4. The number of para-hydroxylation sites is 1. The molecule has 1 aromatic heterocycles. The highest BCUT2D eigenvalue weighted by molar-refractivity contribution is 5.69. The number of pyridine rings is 1. The van der Waals surface area contributed by atoms with Crippen LogP contribution in [0.15, 0.2) is 79.0 Å². The molecule has 142 valence electrons. The predicted octanol–water partition coefficient (Wildman–Crippen LogP) is 5.30. The number of likely N-dealkylation sites (tertiary alicyclic amines) is 1. The second-order valence-electron chi connectivity index (χ2n) is 6.86. The molecule has 2 heterocycles. The SMILES string of the molecule is O=C(OCc1ccccc1)N1CCCC1c1ccc(Nc2ccccc2)nc1. The van der Waals surface area contributed by atoms with Gasteiger partial charge in [-0.15, -0.1) is 0 Å². The van der Waals surface area contributed by atoms with Crippen molar-refractivity contribution in [3.63, 3.8) is 0 Å². The van der Waals surface area contributed by atoms with Gasteiger partial charge in [-0.3, -0.25) is 0 Å². The number of hydrogen-bond donors (Lipinski definition) is 1. The summed E-state index contributed by atoms with van der Waals surface area (Å²) in [7, 11) is 0. The molecule has 1 N–H and O–H groups in total. The lowest BCUT2D eigenvalue weighted by Crippen LogP contribution is -2.31. The predicted molar refractivity (Wildman–Crippen MR) is 109 cm³/mol. The van der Waals surface area contributed by atoms with E-state index in [-0.39, 0.29) is 12.1 Å². The zero-order valence-electron chi connectivity index (χ0n) is 15.6. The van der Waals surface area contributed by atoms with E-state index < -0.39 is 0 Å². The van der Waals surface area contributed by atoms with E-state index in [1.54, 1.807) is 0 Å². The maximum absolute atomic E-state index is 12.6. The van der Waals surface area contributed by atoms with Gasteiger partial charge in [0.1, 0.15) is 12.4 Å². The maximum Gasteiger partial charge on any atom is 0.410 e. The van der Waals surface area contributed by atoms with Crippen molar-refractivity contribution in [3.8, 4) is 0 Å². The number of nitrogens with one attached hydrogen (secondary N) is 1. The monoisotopic (exact) mass is 373 g/mol. The van der Waals surface area contributed by atoms with Gasteiger partial charge in [-0.1, -0.05) is 54.6 Å². The number of ether oxygens (including phenoxy) is 1. The largest absolute Gasteiger partial charge is 0.445 e. The number of benzene rings is 2. The zero-order valence-corrected chi connectivity index (χ0v) is 15.6. The summed E-state index contributed by atoms with van der Waals surface area (Å²) < 4.78 is 5.52. The normalized spacial score (nSPS) is 16.0. The van der Waals surface area contributed by atoms with Gasteiger partial charge < -0.3 is 15.0 Å². The maximum atomic E-state index is 12.6. The van der Waals surface area contributed by atoms with Crippen molar-refractivity contribution in [2.45, 2.75) is 25.5 Å². The van der Waals surface area contributed by atoms with Crippen molar-refractivity contribution < 1.29 is 9.53 Å². The van der Waals surface area contributed by atoms with E-state index in [4.69, 9.17) is 4.74 Å². The molecule has 3 aromatic rings. The van der Waals surface area contributed by atoms with Crippen LogP contribution in [0.3, 0.4) is 0 Å². The quantitative estimate of drug-likeness (QED) is 0.659. The number of anilines is 2. The second-order valence-corrected chi connectivity index (χ2v) is 6.86. The van der Waals surface area contributed by atoms with Crippen LogP contribution in [0.2, 0.25) is 0 Å². The standard InChI is InChI=1S/C23H23N3O2/c27-23(28-17-18-8-3-1-4-9-18)26-15-7-12-21(26)19-13-14-22(24-16-19)25-20-10-5-2-6-11-20/h1-6,8-11,13-14,16,21H,7,12,15,17H2,(H,24,25). The summed E-state index contributed by atoms with van der Waals surface area (Å²) in [6.45, 7) is 1.00. The molecule has 1 aliphatic rings. The van der Waals surface area contributed by atoms with Gasteiger partial charge in [0.15, 0.2) is 0 Å². The average Bonchev–Trinajstić information content (AvgIpc) is 3.24. The number of aromatic nitrogens is 1. The number of nitrogens with zero attached hydrogens (tertiary/aromatic N) is 2. The first-order chi connectivity index (χ1) is 13.8. The molecule has 1 amide bonds. The highest BCUT2D eigenvalue weighted by Crippen LogP contribution is 2.32. The Morgan fingerprint density at radius 2 is 1.79 bits per heavy atom. The summed E-state index contributed by atoms with van der Waals surface area (Å²) >= 11 is 0. The van der Waals surface area contributed by atoms with Crippen molar-refractivity contribution in [2.24, 2.45) is 0 Å². The van der Waals surface area contributed by atoms with Gasteiger partial charge in [0.2, 0.25) is 0 Å². The van der Waals surface area contributed by atoms with E-state index in [0.717, 1.165) is 35.5 Å². The summed E-state index contributed by atoms with van der Waals surface area (Å²) in [6.07, 6.45) is 3.47. The van der Waals surface area contributed by atoms with Crippen LogP contribution < -0.4 is 5.32 Å². The summed E-state index contributed by atoms with van der Waals surface area (Å²) in [4.78, 5) is 18.9. The van der Waals surface area contributed by atoms with Gasteiger partial charge >= 0.3 is 6.09 Å². The van der Waals surface area contributed by atoms with Crippen molar-refractivity contribution in [2.75, 3.05) is 11.9 Å². The van der Waals surface area contributed by atoms with Crippen molar-refractivity contribution in [3.05, 3.63) is 90.1 Å². The lowest BCUT2D eigenvalue weighted by atomic mass is 10.1. The Morgan fingerprint density at radius 1 is 1.04 bits per heavy atom. The first kappa shape index (κ1) is 18.0. The molecule has 1 fully saturated rings. The lowest BCUT2D eigenvalue weighted by molar-refractivity contribution is 0.0920. The van der Waals surface area contributed by atoms with Crippen LogP contribution in [0.5, 0.6) is 0 Å². The minimum absolute atomic E-state index is 0.0153. The molecule has 0 radical (unpaired) electrons. The average molecular weight is 373 g/mol. The van der Waals surface area contributed by atoms with Crippen molar-refractivity contribution in [1.82, 2.24) is 9.88 Å². The van der Waals surface area contributed by atoms with Crippen LogP contribution in [0.4, 0.5) is 16.3 Å². The Bertz CT molecular complexity index is 898. The van der Waals surface area contributed by atoms with E-state index in [0.29, 0.717) is 13.2 Å². The Kier molecular flexibility index (Phi) is 5.52. The van der Waals surface area contributed by atoms with Crippen LogP contribution in [-0.2, 0) is 11.3 Å². The molecular formula is C23H23N3O2. The Morgan fingerprint density at radius 3 is 2.50 bits per heavy atom. The van der Waals surface area contributed by atoms with Gasteiger partial charge in [0, 0.05) is 18.4 Å². The second kappa shape index (κ2) is 8.57. The summed E-state index contributed by atoms with van der Waals surface area (Å²) in [5.41, 5.74) is 3.02. The van der Waals surface area contributed by atoms with Crippen LogP contribution in [-0.4, -0.2) is 22.5 Å². The molecule has 0 bridgehead atoms. The summed E-state index contributed by atoms with van der Waals surface area (Å²) in [5, 5.41) is 3.28. The molecule has 1 atom stereocenters. The molecule has 28 heavy (non-hydrogen) atoms. The molecule has 1 unspecified atom stereocenters. The van der Waals surface area contributed by atoms with Gasteiger partial charge in [-0.2, -0.15) is 0 Å². The Labute approximate surface area is 165 Å². The highest BCUT2D eigenvalue weighted by Gasteiger charge is 2.31. The number of amides is 1. The smallest absolute Gasteiger partial charge is 0.410 e. The van der Waals surface area contributed by atoms with Crippen LogP contribution in [0.25, 0.3) is 0 Å². The van der Waals surface area contributed by atoms with Crippen molar-refractivity contribution >= 4 is 17.6 Å². The minimum Gasteiger partial charge on any atom is -0.445 e. The third-order valence-corrected chi connectivity index (χ3v) is 4.91. The van der Waals surface area contributed by atoms with E-state index in [1.807, 2.05) is 83.9 Å². The van der Waals surface area contributed by atoms with Gasteiger partial charge in [0.05, 0.1) is 6.04 Å². The molecule has 5 heteroatoms. The molecule has 0 spiro atoms. The van der Waals surface area contributed by atoms with E-state index >= 15 is 0 Å². The number of carbonyl (C=O) groups is 1. The molecule has 2 aromatic carbocycles. The zero-order chi connectivity index (χ0) is 19.2. The molecule has 5 nitrogen and oxygen atoms in total. The first-order valence-corrected chi connectivity index (χ1v) is 9.55. The molecule has 4 rings (SSSR count). The van der Waals surface area contributed by atoms with Gasteiger partial charge in [0.25, 0.3) is 0 Å². The molecule has 1 saturated heterocycles. The summed E-state index contributed by atoms with van der Waals surface area (Å²) in [5.74, 6) is 0.783. The van der Waals surface area contributed by atoms with Crippen molar-refractivity contribution in [1.29, 1.82) is 0 Å². The van der Waals surface area contributed by atoms with E-state index in [9.17, 15) is 4.79 Å². The Balaban J connectivity index is 1.39. The topological polar surface area (TPSA) is 54.5 Å².